The predicted molar refractivity (Wildman–Crippen MR) is 69.2 cm³/mol. The van der Waals surface area contributed by atoms with Gasteiger partial charge in [0.05, 0.1) is 5.56 Å². The molecule has 1 aromatic carbocycles. The molecule has 0 spiro atoms. The number of pyridine rings is 1. The minimum atomic E-state index is 0.553. The lowest BCUT2D eigenvalue weighted by Gasteiger charge is -2.03. The Bertz CT molecular complexity index is 590. The van der Waals surface area contributed by atoms with Crippen LogP contribution in [0, 0.1) is 11.3 Å². The minimum Gasteiger partial charge on any atom is -0.329 e. The highest BCUT2D eigenvalue weighted by Gasteiger charge is 2.04. The molecule has 0 atom stereocenters. The third kappa shape index (κ3) is 2.87. The molecule has 5 heteroatoms. The molecule has 2 rings (SSSR count). The number of carbonyl (C=O) groups is 1. The zero-order valence-corrected chi connectivity index (χ0v) is 10.1. The number of amides is 1. The van der Waals surface area contributed by atoms with Crippen molar-refractivity contribution in [2.75, 3.05) is 5.32 Å². The van der Waals surface area contributed by atoms with Gasteiger partial charge in [0.1, 0.15) is 11.1 Å². The summed E-state index contributed by atoms with van der Waals surface area (Å²) in [5.41, 5.74) is 1.29. The van der Waals surface area contributed by atoms with E-state index in [1.807, 2.05) is 12.1 Å². The van der Waals surface area contributed by atoms with Gasteiger partial charge in [-0.1, -0.05) is 11.8 Å². The fourth-order valence-corrected chi connectivity index (χ4v) is 2.19. The van der Waals surface area contributed by atoms with Gasteiger partial charge in [-0.05, 0) is 36.4 Å². The summed E-state index contributed by atoms with van der Waals surface area (Å²) >= 11 is 1.42. The van der Waals surface area contributed by atoms with E-state index in [-0.39, 0.29) is 0 Å². The van der Waals surface area contributed by atoms with E-state index < -0.39 is 0 Å². The van der Waals surface area contributed by atoms with E-state index in [1.54, 1.807) is 30.5 Å². The Hall–Kier alpha value is -2.32. The number of benzene rings is 1. The minimum absolute atomic E-state index is 0.553. The molecule has 1 heterocycles. The van der Waals surface area contributed by atoms with Crippen LogP contribution in [0.5, 0.6) is 0 Å². The van der Waals surface area contributed by atoms with E-state index in [0.717, 1.165) is 10.6 Å². The van der Waals surface area contributed by atoms with Crippen molar-refractivity contribution in [3.05, 3.63) is 48.2 Å². The van der Waals surface area contributed by atoms with Gasteiger partial charge >= 0.3 is 0 Å². The van der Waals surface area contributed by atoms with Crippen LogP contribution in [0.15, 0.2) is 52.5 Å². The third-order valence-corrected chi connectivity index (χ3v) is 3.21. The lowest BCUT2D eigenvalue weighted by molar-refractivity contribution is -0.105. The second-order valence-electron chi connectivity index (χ2n) is 3.36. The van der Waals surface area contributed by atoms with E-state index >= 15 is 0 Å². The molecule has 88 valence electrons. The Morgan fingerprint density at radius 3 is 2.72 bits per heavy atom. The van der Waals surface area contributed by atoms with Gasteiger partial charge in [0, 0.05) is 16.8 Å². The van der Waals surface area contributed by atoms with E-state index in [0.29, 0.717) is 17.0 Å². The van der Waals surface area contributed by atoms with Crippen molar-refractivity contribution >= 4 is 23.9 Å². The summed E-state index contributed by atoms with van der Waals surface area (Å²) in [5.74, 6) is 0. The SMILES string of the molecule is N#Cc1cccnc1Sc1ccc(NC=O)cc1. The number of nitriles is 1. The number of carbonyl (C=O) groups excluding carboxylic acids is 1. The monoisotopic (exact) mass is 255 g/mol. The first kappa shape index (κ1) is 12.1. The first-order valence-corrected chi connectivity index (χ1v) is 5.98. The zero-order chi connectivity index (χ0) is 12.8. The maximum Gasteiger partial charge on any atom is 0.211 e. The molecule has 18 heavy (non-hydrogen) atoms. The summed E-state index contributed by atoms with van der Waals surface area (Å²) < 4.78 is 0. The van der Waals surface area contributed by atoms with Crippen LogP contribution in [0.4, 0.5) is 5.69 Å². The summed E-state index contributed by atoms with van der Waals surface area (Å²) in [6.45, 7) is 0. The Balaban J connectivity index is 2.19. The molecular weight excluding hydrogens is 246 g/mol. The summed E-state index contributed by atoms with van der Waals surface area (Å²) in [6, 6.07) is 12.9. The van der Waals surface area contributed by atoms with Crippen molar-refractivity contribution in [1.82, 2.24) is 4.98 Å². The standard InChI is InChI=1S/C13H9N3OS/c14-8-10-2-1-7-15-13(10)18-12-5-3-11(4-6-12)16-9-17/h1-7,9H,(H,16,17). The van der Waals surface area contributed by atoms with Gasteiger partial charge in [-0.2, -0.15) is 5.26 Å². The first-order chi connectivity index (χ1) is 8.83. The molecule has 0 unspecified atom stereocenters. The van der Waals surface area contributed by atoms with Crippen LogP contribution in [-0.2, 0) is 4.79 Å². The molecule has 0 fully saturated rings. The van der Waals surface area contributed by atoms with Crippen molar-refractivity contribution in [2.45, 2.75) is 9.92 Å². The number of nitrogens with one attached hydrogen (secondary N) is 1. The van der Waals surface area contributed by atoms with Crippen molar-refractivity contribution in [3.63, 3.8) is 0 Å². The Morgan fingerprint density at radius 1 is 1.28 bits per heavy atom. The maximum absolute atomic E-state index is 10.3. The van der Waals surface area contributed by atoms with E-state index in [4.69, 9.17) is 5.26 Å². The molecule has 1 amide bonds. The smallest absolute Gasteiger partial charge is 0.211 e. The zero-order valence-electron chi connectivity index (χ0n) is 9.33. The average molecular weight is 255 g/mol. The van der Waals surface area contributed by atoms with Gasteiger partial charge < -0.3 is 5.32 Å². The first-order valence-electron chi connectivity index (χ1n) is 5.16. The average Bonchev–Trinajstić information content (AvgIpc) is 2.42. The number of anilines is 1. The summed E-state index contributed by atoms with van der Waals surface area (Å²) in [5, 5.41) is 12.2. The third-order valence-electron chi connectivity index (χ3n) is 2.19. The normalized spacial score (nSPS) is 9.50. The van der Waals surface area contributed by atoms with Gasteiger partial charge in [-0.15, -0.1) is 0 Å². The topological polar surface area (TPSA) is 65.8 Å². The molecule has 0 bridgehead atoms. The van der Waals surface area contributed by atoms with Crippen LogP contribution >= 0.6 is 11.8 Å². The summed E-state index contributed by atoms with van der Waals surface area (Å²) in [4.78, 5) is 15.4. The van der Waals surface area contributed by atoms with E-state index in [9.17, 15) is 4.79 Å². The highest BCUT2D eigenvalue weighted by atomic mass is 32.2. The van der Waals surface area contributed by atoms with Crippen LogP contribution in [0.3, 0.4) is 0 Å². The van der Waals surface area contributed by atoms with E-state index in [2.05, 4.69) is 16.4 Å². The molecule has 0 saturated heterocycles. The Morgan fingerprint density at radius 2 is 2.06 bits per heavy atom. The van der Waals surface area contributed by atoms with Gasteiger partial charge in [-0.25, -0.2) is 4.98 Å². The largest absolute Gasteiger partial charge is 0.329 e. The van der Waals surface area contributed by atoms with Crippen molar-refractivity contribution < 1.29 is 4.79 Å². The number of aromatic nitrogens is 1. The molecule has 1 N–H and O–H groups in total. The molecule has 0 radical (unpaired) electrons. The van der Waals surface area contributed by atoms with E-state index in [1.165, 1.54) is 11.8 Å². The van der Waals surface area contributed by atoms with Crippen LogP contribution in [0.2, 0.25) is 0 Å². The second-order valence-corrected chi connectivity index (χ2v) is 4.42. The Kier molecular flexibility index (Phi) is 3.94. The Labute approximate surface area is 109 Å². The molecule has 0 aliphatic rings. The quantitative estimate of drug-likeness (QED) is 0.853. The highest BCUT2D eigenvalue weighted by Crippen LogP contribution is 2.28. The lowest BCUT2D eigenvalue weighted by atomic mass is 10.3. The molecule has 2 aromatic rings. The number of hydrogen-bond acceptors (Lipinski definition) is 4. The highest BCUT2D eigenvalue weighted by molar-refractivity contribution is 7.99. The van der Waals surface area contributed by atoms with Crippen LogP contribution in [0.1, 0.15) is 5.56 Å². The van der Waals surface area contributed by atoms with Crippen LogP contribution < -0.4 is 5.32 Å². The molecule has 0 aliphatic heterocycles. The maximum atomic E-state index is 10.3. The van der Waals surface area contributed by atoms with Crippen molar-refractivity contribution in [1.29, 1.82) is 5.26 Å². The number of hydrogen-bond donors (Lipinski definition) is 1. The molecule has 0 aliphatic carbocycles. The molecular formula is C13H9N3OS. The summed E-state index contributed by atoms with van der Waals surface area (Å²) in [6.07, 6.45) is 2.29. The number of nitrogens with zero attached hydrogens (tertiary/aromatic N) is 2. The fraction of sp³-hybridized carbons (Fsp3) is 0. The molecule has 1 aromatic heterocycles. The van der Waals surface area contributed by atoms with Crippen molar-refractivity contribution in [3.8, 4) is 6.07 Å². The van der Waals surface area contributed by atoms with Gasteiger partial charge in [0.2, 0.25) is 6.41 Å². The molecule has 4 nitrogen and oxygen atoms in total. The van der Waals surface area contributed by atoms with Crippen LogP contribution in [0.25, 0.3) is 0 Å². The van der Waals surface area contributed by atoms with Crippen molar-refractivity contribution in [2.24, 2.45) is 0 Å². The lowest BCUT2D eigenvalue weighted by Crippen LogP contribution is -1.92. The molecule has 0 saturated carbocycles. The predicted octanol–water partition coefficient (Wildman–Crippen LogP) is 2.67. The van der Waals surface area contributed by atoms with Gasteiger partial charge in [0.15, 0.2) is 0 Å². The number of rotatable bonds is 4. The van der Waals surface area contributed by atoms with Crippen LogP contribution in [-0.4, -0.2) is 11.4 Å². The summed E-state index contributed by atoms with van der Waals surface area (Å²) in [7, 11) is 0. The van der Waals surface area contributed by atoms with Gasteiger partial charge in [-0.3, -0.25) is 4.79 Å². The van der Waals surface area contributed by atoms with Gasteiger partial charge in [0.25, 0.3) is 0 Å². The fourth-order valence-electron chi connectivity index (χ4n) is 1.36. The second kappa shape index (κ2) is 5.84.